The molecule has 0 aliphatic carbocycles. The van der Waals surface area contributed by atoms with E-state index in [4.69, 9.17) is 4.42 Å². The SMILES string of the molecule is CCCCC(CC)CNC(C)CCc1ccco1. The smallest absolute Gasteiger partial charge is 0.103 e. The topological polar surface area (TPSA) is 25.2 Å². The molecule has 0 bridgehead atoms. The zero-order valence-corrected chi connectivity index (χ0v) is 12.2. The highest BCUT2D eigenvalue weighted by molar-refractivity contribution is 4.98. The Morgan fingerprint density at radius 2 is 2.11 bits per heavy atom. The zero-order chi connectivity index (χ0) is 13.2. The van der Waals surface area contributed by atoms with Crippen LogP contribution in [-0.4, -0.2) is 12.6 Å². The number of nitrogens with one attached hydrogen (secondary N) is 1. The van der Waals surface area contributed by atoms with Gasteiger partial charge in [0, 0.05) is 12.5 Å². The van der Waals surface area contributed by atoms with Gasteiger partial charge in [-0.25, -0.2) is 0 Å². The van der Waals surface area contributed by atoms with E-state index in [1.165, 1.54) is 25.7 Å². The number of aryl methyl sites for hydroxylation is 1. The molecule has 0 fully saturated rings. The monoisotopic (exact) mass is 251 g/mol. The lowest BCUT2D eigenvalue weighted by molar-refractivity contribution is 0.382. The quantitative estimate of drug-likeness (QED) is 0.666. The lowest BCUT2D eigenvalue weighted by Gasteiger charge is -2.19. The summed E-state index contributed by atoms with van der Waals surface area (Å²) >= 11 is 0. The zero-order valence-electron chi connectivity index (χ0n) is 12.2. The molecule has 1 rings (SSSR count). The van der Waals surface area contributed by atoms with Crippen LogP contribution in [0.3, 0.4) is 0 Å². The summed E-state index contributed by atoms with van der Waals surface area (Å²) in [6.07, 6.45) is 9.27. The Morgan fingerprint density at radius 3 is 2.72 bits per heavy atom. The number of furan rings is 1. The second-order valence-corrected chi connectivity index (χ2v) is 5.34. The summed E-state index contributed by atoms with van der Waals surface area (Å²) in [5.41, 5.74) is 0. The lowest BCUT2D eigenvalue weighted by atomic mass is 9.99. The van der Waals surface area contributed by atoms with Crippen LogP contribution < -0.4 is 5.32 Å². The van der Waals surface area contributed by atoms with Crippen LogP contribution in [-0.2, 0) is 6.42 Å². The van der Waals surface area contributed by atoms with Crippen molar-refractivity contribution in [3.05, 3.63) is 24.2 Å². The molecule has 1 heterocycles. The molecule has 0 saturated carbocycles. The van der Waals surface area contributed by atoms with E-state index in [2.05, 4.69) is 32.2 Å². The van der Waals surface area contributed by atoms with Gasteiger partial charge in [-0.2, -0.15) is 0 Å². The maximum absolute atomic E-state index is 5.36. The summed E-state index contributed by atoms with van der Waals surface area (Å²) in [6.45, 7) is 8.01. The van der Waals surface area contributed by atoms with Gasteiger partial charge in [0.05, 0.1) is 6.26 Å². The van der Waals surface area contributed by atoms with Crippen LogP contribution in [0.25, 0.3) is 0 Å². The van der Waals surface area contributed by atoms with Crippen LogP contribution in [0, 0.1) is 5.92 Å². The van der Waals surface area contributed by atoms with Crippen molar-refractivity contribution in [2.75, 3.05) is 6.54 Å². The van der Waals surface area contributed by atoms with Crippen LogP contribution in [0.15, 0.2) is 22.8 Å². The second-order valence-electron chi connectivity index (χ2n) is 5.34. The minimum Gasteiger partial charge on any atom is -0.469 e. The molecule has 0 amide bonds. The van der Waals surface area contributed by atoms with E-state index in [0.29, 0.717) is 6.04 Å². The maximum Gasteiger partial charge on any atom is 0.103 e. The van der Waals surface area contributed by atoms with Gasteiger partial charge in [-0.3, -0.25) is 0 Å². The average Bonchev–Trinajstić information content (AvgIpc) is 2.89. The molecule has 104 valence electrons. The summed E-state index contributed by atoms with van der Waals surface area (Å²) in [7, 11) is 0. The fourth-order valence-electron chi connectivity index (χ4n) is 2.23. The maximum atomic E-state index is 5.36. The predicted molar refractivity (Wildman–Crippen MR) is 77.8 cm³/mol. The van der Waals surface area contributed by atoms with Crippen molar-refractivity contribution in [1.29, 1.82) is 0 Å². The van der Waals surface area contributed by atoms with Gasteiger partial charge >= 0.3 is 0 Å². The first kappa shape index (κ1) is 15.3. The van der Waals surface area contributed by atoms with Crippen LogP contribution in [0.5, 0.6) is 0 Å². The number of rotatable bonds is 10. The molecule has 2 atom stereocenters. The fraction of sp³-hybridized carbons (Fsp3) is 0.750. The molecule has 2 nitrogen and oxygen atoms in total. The van der Waals surface area contributed by atoms with Gasteiger partial charge in [0.25, 0.3) is 0 Å². The van der Waals surface area contributed by atoms with Gasteiger partial charge < -0.3 is 9.73 Å². The van der Waals surface area contributed by atoms with Gasteiger partial charge in [-0.15, -0.1) is 0 Å². The Balaban J connectivity index is 2.13. The molecule has 1 aromatic heterocycles. The summed E-state index contributed by atoms with van der Waals surface area (Å²) in [5.74, 6) is 1.94. The van der Waals surface area contributed by atoms with E-state index in [-0.39, 0.29) is 0 Å². The van der Waals surface area contributed by atoms with E-state index in [9.17, 15) is 0 Å². The van der Waals surface area contributed by atoms with Crippen molar-refractivity contribution >= 4 is 0 Å². The fourth-order valence-corrected chi connectivity index (χ4v) is 2.23. The minimum absolute atomic E-state index is 0.575. The van der Waals surface area contributed by atoms with Gasteiger partial charge in [0.2, 0.25) is 0 Å². The van der Waals surface area contributed by atoms with E-state index in [1.54, 1.807) is 6.26 Å². The van der Waals surface area contributed by atoms with Gasteiger partial charge in [0.1, 0.15) is 5.76 Å². The van der Waals surface area contributed by atoms with Crippen molar-refractivity contribution in [1.82, 2.24) is 5.32 Å². The van der Waals surface area contributed by atoms with Crippen molar-refractivity contribution in [2.24, 2.45) is 5.92 Å². The number of unbranched alkanes of at least 4 members (excludes halogenated alkanes) is 1. The highest BCUT2D eigenvalue weighted by Gasteiger charge is 2.08. The third-order valence-electron chi connectivity index (χ3n) is 3.70. The molecular weight excluding hydrogens is 222 g/mol. The molecule has 2 unspecified atom stereocenters. The molecule has 0 spiro atoms. The molecule has 0 aliphatic rings. The Labute approximate surface area is 112 Å². The third kappa shape index (κ3) is 6.25. The molecule has 2 heteroatoms. The summed E-state index contributed by atoms with van der Waals surface area (Å²) in [5, 5.41) is 3.66. The molecule has 0 saturated heterocycles. The Kier molecular flexibility index (Phi) is 7.83. The minimum atomic E-state index is 0.575. The Bertz CT molecular complexity index is 281. The normalized spacial score (nSPS) is 14.6. The Morgan fingerprint density at radius 1 is 1.28 bits per heavy atom. The lowest BCUT2D eigenvalue weighted by Crippen LogP contribution is -2.31. The van der Waals surface area contributed by atoms with Crippen LogP contribution in [0.1, 0.15) is 58.6 Å². The number of hydrogen-bond donors (Lipinski definition) is 1. The highest BCUT2D eigenvalue weighted by Crippen LogP contribution is 2.12. The van der Waals surface area contributed by atoms with E-state index in [0.717, 1.165) is 31.1 Å². The molecular formula is C16H29NO. The molecule has 1 aromatic rings. The molecule has 0 aliphatic heterocycles. The first-order valence-corrected chi connectivity index (χ1v) is 7.52. The van der Waals surface area contributed by atoms with E-state index in [1.807, 2.05) is 6.07 Å². The van der Waals surface area contributed by atoms with Gasteiger partial charge in [0.15, 0.2) is 0 Å². The largest absolute Gasteiger partial charge is 0.469 e. The molecule has 1 N–H and O–H groups in total. The summed E-state index contributed by atoms with van der Waals surface area (Å²) < 4.78 is 5.36. The van der Waals surface area contributed by atoms with Crippen LogP contribution in [0.2, 0.25) is 0 Å². The van der Waals surface area contributed by atoms with Gasteiger partial charge in [-0.05, 0) is 44.4 Å². The summed E-state index contributed by atoms with van der Waals surface area (Å²) in [6, 6.07) is 4.60. The summed E-state index contributed by atoms with van der Waals surface area (Å²) in [4.78, 5) is 0. The van der Waals surface area contributed by atoms with Crippen molar-refractivity contribution < 1.29 is 4.42 Å². The predicted octanol–water partition coefficient (Wildman–Crippen LogP) is 4.41. The molecule has 0 aromatic carbocycles. The van der Waals surface area contributed by atoms with Crippen molar-refractivity contribution in [2.45, 2.75) is 65.3 Å². The van der Waals surface area contributed by atoms with E-state index >= 15 is 0 Å². The first-order valence-electron chi connectivity index (χ1n) is 7.52. The number of hydrogen-bond acceptors (Lipinski definition) is 2. The van der Waals surface area contributed by atoms with Crippen LogP contribution >= 0.6 is 0 Å². The highest BCUT2D eigenvalue weighted by atomic mass is 16.3. The first-order chi connectivity index (χ1) is 8.76. The van der Waals surface area contributed by atoms with Gasteiger partial charge in [-0.1, -0.05) is 33.1 Å². The molecule has 0 radical (unpaired) electrons. The Hall–Kier alpha value is -0.760. The van der Waals surface area contributed by atoms with E-state index < -0.39 is 0 Å². The third-order valence-corrected chi connectivity index (χ3v) is 3.70. The van der Waals surface area contributed by atoms with Crippen molar-refractivity contribution in [3.8, 4) is 0 Å². The van der Waals surface area contributed by atoms with Crippen molar-refractivity contribution in [3.63, 3.8) is 0 Å². The average molecular weight is 251 g/mol. The van der Waals surface area contributed by atoms with Crippen LogP contribution in [0.4, 0.5) is 0 Å². The molecule has 18 heavy (non-hydrogen) atoms. The standard InChI is InChI=1S/C16H29NO/c1-4-6-8-15(5-2)13-17-14(3)10-11-16-9-7-12-18-16/h7,9,12,14-15,17H,4-6,8,10-11,13H2,1-3H3. The second kappa shape index (κ2) is 9.21.